The van der Waals surface area contributed by atoms with Crippen molar-refractivity contribution in [3.05, 3.63) is 37.8 Å². The molecule has 1 aromatic heterocycles. The molecule has 8 nitrogen and oxygen atoms in total. The molecule has 0 fully saturated rings. The van der Waals surface area contributed by atoms with Crippen molar-refractivity contribution in [3.8, 4) is 6.01 Å². The van der Waals surface area contributed by atoms with Crippen molar-refractivity contribution in [3.63, 3.8) is 0 Å². The van der Waals surface area contributed by atoms with Crippen LogP contribution >= 0.6 is 22.6 Å². The number of nitrogens with zero attached hydrogens (tertiary/aromatic N) is 3. The number of sulfone groups is 1. The summed E-state index contributed by atoms with van der Waals surface area (Å²) in [4.78, 5) is 23.4. The maximum absolute atomic E-state index is 13.2. The molecule has 28 heavy (non-hydrogen) atoms. The van der Waals surface area contributed by atoms with E-state index >= 15 is 0 Å². The van der Waals surface area contributed by atoms with Gasteiger partial charge in [-0.3, -0.25) is 4.79 Å². The van der Waals surface area contributed by atoms with Crippen LogP contribution in [0.1, 0.15) is 23.7 Å². The van der Waals surface area contributed by atoms with Crippen LogP contribution < -0.4 is 10.4 Å². The van der Waals surface area contributed by atoms with Gasteiger partial charge in [-0.25, -0.2) is 17.8 Å². The fourth-order valence-electron chi connectivity index (χ4n) is 2.24. The zero-order valence-electron chi connectivity index (χ0n) is 14.7. The lowest BCUT2D eigenvalue weighted by Gasteiger charge is -2.14. The number of alkyl halides is 3. The summed E-state index contributed by atoms with van der Waals surface area (Å²) in [7, 11) is -3.45. The maximum atomic E-state index is 13.2. The fraction of sp³-hybridized carbons (Fsp3) is 0.400. The first-order valence-electron chi connectivity index (χ1n) is 7.80. The zero-order valence-corrected chi connectivity index (χ0v) is 17.6. The molecule has 13 heteroatoms. The molecule has 0 unspecified atom stereocenters. The van der Waals surface area contributed by atoms with Crippen molar-refractivity contribution >= 4 is 38.3 Å². The number of ether oxygens (including phenoxy) is 1. The number of carbonyl (C=O) groups is 1. The Bertz CT molecular complexity index is 1060. The Balaban J connectivity index is 2.44. The van der Waals surface area contributed by atoms with Gasteiger partial charge >= 0.3 is 17.9 Å². The lowest BCUT2D eigenvalue weighted by atomic mass is 10.2. The summed E-state index contributed by atoms with van der Waals surface area (Å²) in [5.74, 6) is -2.65. The molecule has 0 bridgehead atoms. The van der Waals surface area contributed by atoms with E-state index in [2.05, 4.69) is 5.10 Å². The number of hydrogen-bond donors (Lipinski definition) is 0. The van der Waals surface area contributed by atoms with E-state index in [0.29, 0.717) is 12.5 Å². The number of aromatic nitrogens is 3. The van der Waals surface area contributed by atoms with Crippen LogP contribution in [0, 0.1) is 3.57 Å². The highest BCUT2D eigenvalue weighted by Crippen LogP contribution is 2.36. The Morgan fingerprint density at radius 3 is 2.54 bits per heavy atom. The third kappa shape index (κ3) is 4.56. The van der Waals surface area contributed by atoms with Gasteiger partial charge in [0.1, 0.15) is 5.75 Å². The molecule has 154 valence electrons. The molecule has 0 aliphatic rings. The van der Waals surface area contributed by atoms with E-state index in [1.54, 1.807) is 6.92 Å². The topological polar surface area (TPSA) is 100 Å². The van der Waals surface area contributed by atoms with Crippen LogP contribution in [0.15, 0.2) is 27.9 Å². The van der Waals surface area contributed by atoms with Gasteiger partial charge in [0.15, 0.2) is 9.84 Å². The van der Waals surface area contributed by atoms with Gasteiger partial charge in [0, 0.05) is 10.6 Å². The molecule has 0 saturated carbocycles. The molecule has 0 atom stereocenters. The van der Waals surface area contributed by atoms with Gasteiger partial charge in [0.05, 0.1) is 17.1 Å². The zero-order chi connectivity index (χ0) is 21.3. The number of halogens is 4. The van der Waals surface area contributed by atoms with Crippen LogP contribution in [0.3, 0.4) is 0 Å². The minimum Gasteiger partial charge on any atom is -0.464 e. The molecule has 0 spiro atoms. The molecule has 0 N–H and O–H groups in total. The van der Waals surface area contributed by atoms with Gasteiger partial charge in [0.25, 0.3) is 5.91 Å². The Labute approximate surface area is 171 Å². The molecule has 2 rings (SSSR count). The number of carbonyl (C=O) groups excluding carboxylic acids is 1. The van der Waals surface area contributed by atoms with Gasteiger partial charge in [0.2, 0.25) is 0 Å². The summed E-state index contributed by atoms with van der Waals surface area (Å²) in [5.41, 5.74) is -2.35. The quantitative estimate of drug-likeness (QED) is 0.528. The average Bonchev–Trinajstić information content (AvgIpc) is 2.86. The highest BCUT2D eigenvalue weighted by atomic mass is 127. The summed E-state index contributed by atoms with van der Waals surface area (Å²) in [5, 5.41) is 3.63. The van der Waals surface area contributed by atoms with Crippen LogP contribution in [0.5, 0.6) is 6.01 Å². The first-order valence-corrected chi connectivity index (χ1v) is 10.5. The van der Waals surface area contributed by atoms with Crippen molar-refractivity contribution in [1.82, 2.24) is 14.3 Å². The van der Waals surface area contributed by atoms with E-state index in [9.17, 15) is 31.2 Å². The summed E-state index contributed by atoms with van der Waals surface area (Å²) in [6.45, 7) is 2.00. The summed E-state index contributed by atoms with van der Waals surface area (Å²) in [6.07, 6.45) is -4.34. The summed E-state index contributed by atoms with van der Waals surface area (Å²) in [6, 6.07) is 2.65. The Kier molecular flexibility index (Phi) is 6.58. The highest BCUT2D eigenvalue weighted by molar-refractivity contribution is 14.1. The van der Waals surface area contributed by atoms with E-state index in [0.717, 1.165) is 10.6 Å². The number of benzene rings is 1. The van der Waals surface area contributed by atoms with Crippen molar-refractivity contribution in [2.24, 2.45) is 7.05 Å². The third-order valence-corrected chi connectivity index (χ3v) is 6.46. The van der Waals surface area contributed by atoms with Gasteiger partial charge < -0.3 is 4.74 Å². The van der Waals surface area contributed by atoms with Crippen LogP contribution in [-0.2, 0) is 23.1 Å². The lowest BCUT2D eigenvalue weighted by Crippen LogP contribution is -2.33. The van der Waals surface area contributed by atoms with Crippen LogP contribution in [-0.4, -0.2) is 41.0 Å². The van der Waals surface area contributed by atoms with Crippen molar-refractivity contribution in [1.29, 1.82) is 0 Å². The van der Waals surface area contributed by atoms with Crippen LogP contribution in [0.2, 0.25) is 0 Å². The van der Waals surface area contributed by atoms with E-state index in [1.807, 2.05) is 0 Å². The molecule has 1 heterocycles. The predicted molar refractivity (Wildman–Crippen MR) is 100 cm³/mol. The largest absolute Gasteiger partial charge is 0.464 e. The van der Waals surface area contributed by atoms with Gasteiger partial charge in [-0.2, -0.15) is 13.2 Å². The normalized spacial score (nSPS) is 12.2. The smallest absolute Gasteiger partial charge is 0.417 e. The molecule has 0 radical (unpaired) electrons. The van der Waals surface area contributed by atoms with Gasteiger partial charge in [-0.05, 0) is 41.1 Å². The first kappa shape index (κ1) is 22.4. The Morgan fingerprint density at radius 1 is 1.32 bits per heavy atom. The molecule has 1 aromatic carbocycles. The van der Waals surface area contributed by atoms with Gasteiger partial charge in [-0.15, -0.1) is 9.78 Å². The molecule has 0 amide bonds. The fourth-order valence-corrected chi connectivity index (χ4v) is 5.23. The van der Waals surface area contributed by atoms with E-state index in [4.69, 9.17) is 4.74 Å². The molecule has 0 saturated heterocycles. The SMILES string of the molecule is CCCOc1nn(C(=O)CS(=O)(=O)c2c(I)cccc2C(F)(F)F)c(=O)n1C. The van der Waals surface area contributed by atoms with Crippen molar-refractivity contribution < 1.29 is 31.1 Å². The molecular formula is C15H15F3IN3O5S. The standard InChI is InChI=1S/C15H15F3IN3O5S/c1-3-7-27-13-20-22(14(24)21(13)2)11(23)8-28(25,26)12-9(15(16,17)18)5-4-6-10(12)19/h4-6H,3,7-8H2,1-2H3. The molecule has 0 aliphatic heterocycles. The summed E-state index contributed by atoms with van der Waals surface area (Å²) < 4.78 is 70.9. The first-order chi connectivity index (χ1) is 12.9. The number of rotatable bonds is 6. The molecular weight excluding hydrogens is 518 g/mol. The van der Waals surface area contributed by atoms with E-state index in [-0.39, 0.29) is 20.9 Å². The monoisotopic (exact) mass is 533 g/mol. The Hall–Kier alpha value is -1.90. The second kappa shape index (κ2) is 8.23. The van der Waals surface area contributed by atoms with Gasteiger partial charge in [-0.1, -0.05) is 13.0 Å². The second-order valence-electron chi connectivity index (χ2n) is 5.65. The van der Waals surface area contributed by atoms with Crippen molar-refractivity contribution in [2.45, 2.75) is 24.4 Å². The lowest BCUT2D eigenvalue weighted by molar-refractivity contribution is -0.140. The van der Waals surface area contributed by atoms with E-state index in [1.165, 1.54) is 35.7 Å². The Morgan fingerprint density at radius 2 is 1.96 bits per heavy atom. The van der Waals surface area contributed by atoms with Crippen LogP contribution in [0.25, 0.3) is 0 Å². The average molecular weight is 533 g/mol. The minimum absolute atomic E-state index is 0.194. The molecule has 0 aliphatic carbocycles. The molecule has 2 aromatic rings. The van der Waals surface area contributed by atoms with E-state index < -0.39 is 43.8 Å². The van der Waals surface area contributed by atoms with Crippen molar-refractivity contribution in [2.75, 3.05) is 12.4 Å². The highest BCUT2D eigenvalue weighted by Gasteiger charge is 2.39. The third-order valence-electron chi connectivity index (χ3n) is 3.51. The maximum Gasteiger partial charge on any atom is 0.417 e. The minimum atomic E-state index is -4.93. The summed E-state index contributed by atoms with van der Waals surface area (Å²) >= 11 is 1.45. The van der Waals surface area contributed by atoms with Crippen LogP contribution in [0.4, 0.5) is 13.2 Å². The number of hydrogen-bond acceptors (Lipinski definition) is 6. The second-order valence-corrected chi connectivity index (χ2v) is 8.74. The predicted octanol–water partition coefficient (Wildman–Crippen LogP) is 2.11.